The van der Waals surface area contributed by atoms with Gasteiger partial charge in [0.25, 0.3) is 10.0 Å². The largest absolute Gasteiger partial charge is 0.354 e. The zero-order valence-electron chi connectivity index (χ0n) is 24.4. The molecule has 7 nitrogen and oxygen atoms in total. The van der Waals surface area contributed by atoms with Gasteiger partial charge in [-0.2, -0.15) is 0 Å². The van der Waals surface area contributed by atoms with E-state index >= 15 is 0 Å². The number of hydrogen-bond donors (Lipinski definition) is 1. The van der Waals surface area contributed by atoms with Crippen LogP contribution in [0, 0.1) is 27.7 Å². The van der Waals surface area contributed by atoms with Crippen LogP contribution in [0.25, 0.3) is 0 Å². The molecule has 8 heteroatoms. The number of sulfonamides is 1. The van der Waals surface area contributed by atoms with Gasteiger partial charge in [0.2, 0.25) is 11.8 Å². The lowest BCUT2D eigenvalue weighted by Gasteiger charge is -2.33. The molecule has 0 saturated carbocycles. The average molecular weight is 564 g/mol. The highest BCUT2D eigenvalue weighted by atomic mass is 32.2. The Balaban J connectivity index is 2.05. The summed E-state index contributed by atoms with van der Waals surface area (Å²) >= 11 is 0. The maximum absolute atomic E-state index is 14.1. The summed E-state index contributed by atoms with van der Waals surface area (Å²) in [5, 5.41) is 2.92. The highest BCUT2D eigenvalue weighted by molar-refractivity contribution is 7.92. The Kier molecular flexibility index (Phi) is 10.5. The number of benzene rings is 3. The fraction of sp³-hybridized carbons (Fsp3) is 0.375. The van der Waals surface area contributed by atoms with Crippen molar-refractivity contribution in [2.24, 2.45) is 0 Å². The molecule has 0 heterocycles. The van der Waals surface area contributed by atoms with Crippen LogP contribution in [0.15, 0.2) is 71.6 Å². The van der Waals surface area contributed by atoms with Crippen molar-refractivity contribution >= 4 is 27.5 Å². The summed E-state index contributed by atoms with van der Waals surface area (Å²) in [5.74, 6) is -0.729. The van der Waals surface area contributed by atoms with E-state index in [1.165, 1.54) is 9.21 Å². The summed E-state index contributed by atoms with van der Waals surface area (Å²) in [6.07, 6.45) is 1.77. The highest BCUT2D eigenvalue weighted by Gasteiger charge is 2.33. The molecule has 0 aromatic heterocycles. The standard InChI is InChI=1S/C32H41N3O4S/c1-7-8-20-33-32(37)27(6)34(21-28-14-10-9-12-25(28)4)31(36)22-35(30-15-11-13-24(3)26(30)5)40(38,39)29-18-16-23(2)17-19-29/h9-19,27H,7-8,20-22H2,1-6H3,(H,33,37). The van der Waals surface area contributed by atoms with E-state index in [0.29, 0.717) is 12.2 Å². The van der Waals surface area contributed by atoms with Crippen molar-refractivity contribution in [2.45, 2.75) is 71.9 Å². The molecule has 3 rings (SSSR count). The second-order valence-electron chi connectivity index (χ2n) is 10.3. The molecule has 0 bridgehead atoms. The predicted octanol–water partition coefficient (Wildman–Crippen LogP) is 5.45. The highest BCUT2D eigenvalue weighted by Crippen LogP contribution is 2.29. The Bertz CT molecular complexity index is 1430. The number of anilines is 1. The van der Waals surface area contributed by atoms with Crippen LogP contribution in [0.2, 0.25) is 0 Å². The Morgan fingerprint density at radius 1 is 0.875 bits per heavy atom. The van der Waals surface area contributed by atoms with Crippen LogP contribution in [0.1, 0.15) is 54.5 Å². The van der Waals surface area contributed by atoms with Crippen molar-refractivity contribution in [3.05, 3.63) is 94.5 Å². The van der Waals surface area contributed by atoms with Crippen LogP contribution in [-0.4, -0.2) is 44.3 Å². The summed E-state index contributed by atoms with van der Waals surface area (Å²) in [5.41, 5.74) is 4.92. The predicted molar refractivity (Wildman–Crippen MR) is 161 cm³/mol. The fourth-order valence-corrected chi connectivity index (χ4v) is 5.92. The summed E-state index contributed by atoms with van der Waals surface area (Å²) in [7, 11) is -4.10. The van der Waals surface area contributed by atoms with Gasteiger partial charge in [-0.15, -0.1) is 0 Å². The molecule has 0 saturated heterocycles. The first-order chi connectivity index (χ1) is 19.0. The van der Waals surface area contributed by atoms with Crippen molar-refractivity contribution in [3.63, 3.8) is 0 Å². The van der Waals surface area contributed by atoms with Crippen LogP contribution in [0.5, 0.6) is 0 Å². The molecule has 0 spiro atoms. The molecular weight excluding hydrogens is 522 g/mol. The van der Waals surface area contributed by atoms with E-state index in [1.54, 1.807) is 43.3 Å². The van der Waals surface area contributed by atoms with Crippen molar-refractivity contribution < 1.29 is 18.0 Å². The third-order valence-corrected chi connectivity index (χ3v) is 9.11. The Morgan fingerprint density at radius 2 is 1.52 bits per heavy atom. The van der Waals surface area contributed by atoms with E-state index in [-0.39, 0.29) is 17.3 Å². The van der Waals surface area contributed by atoms with Crippen LogP contribution in [0.3, 0.4) is 0 Å². The quantitative estimate of drug-likeness (QED) is 0.297. The Morgan fingerprint density at radius 3 is 2.17 bits per heavy atom. The van der Waals surface area contributed by atoms with E-state index in [1.807, 2.05) is 65.0 Å². The van der Waals surface area contributed by atoms with Crippen LogP contribution >= 0.6 is 0 Å². The summed E-state index contributed by atoms with van der Waals surface area (Å²) in [6.45, 7) is 11.6. The zero-order valence-corrected chi connectivity index (χ0v) is 25.2. The molecule has 0 aliphatic heterocycles. The number of rotatable bonds is 12. The molecule has 3 aromatic rings. The Hall–Kier alpha value is -3.65. The number of aryl methyl sites for hydroxylation is 3. The third-order valence-electron chi connectivity index (χ3n) is 7.33. The minimum atomic E-state index is -4.10. The molecule has 0 fully saturated rings. The maximum atomic E-state index is 14.1. The van der Waals surface area contributed by atoms with E-state index in [4.69, 9.17) is 0 Å². The summed E-state index contributed by atoms with van der Waals surface area (Å²) in [6, 6.07) is 18.9. The van der Waals surface area contributed by atoms with Gasteiger partial charge in [-0.1, -0.05) is 67.4 Å². The average Bonchev–Trinajstić information content (AvgIpc) is 2.92. The fourth-order valence-electron chi connectivity index (χ4n) is 4.45. The van der Waals surface area contributed by atoms with Crippen molar-refractivity contribution in [3.8, 4) is 0 Å². The third kappa shape index (κ3) is 7.30. The smallest absolute Gasteiger partial charge is 0.264 e. The minimum Gasteiger partial charge on any atom is -0.354 e. The van der Waals surface area contributed by atoms with Gasteiger partial charge in [-0.3, -0.25) is 13.9 Å². The second kappa shape index (κ2) is 13.6. The zero-order chi connectivity index (χ0) is 29.4. The number of carbonyl (C=O) groups is 2. The molecule has 1 N–H and O–H groups in total. The van der Waals surface area contributed by atoms with Gasteiger partial charge in [0.1, 0.15) is 12.6 Å². The first-order valence-corrected chi connectivity index (χ1v) is 15.2. The van der Waals surface area contributed by atoms with Gasteiger partial charge >= 0.3 is 0 Å². The lowest BCUT2D eigenvalue weighted by atomic mass is 10.1. The van der Waals surface area contributed by atoms with Crippen LogP contribution < -0.4 is 9.62 Å². The Labute approximate surface area is 239 Å². The van der Waals surface area contributed by atoms with Gasteiger partial charge in [0.05, 0.1) is 10.6 Å². The SMILES string of the molecule is CCCCNC(=O)C(C)N(Cc1ccccc1C)C(=O)CN(c1cccc(C)c1C)S(=O)(=O)c1ccc(C)cc1. The van der Waals surface area contributed by atoms with Gasteiger partial charge < -0.3 is 10.2 Å². The van der Waals surface area contributed by atoms with Gasteiger partial charge in [0.15, 0.2) is 0 Å². The van der Waals surface area contributed by atoms with Crippen molar-refractivity contribution in [1.82, 2.24) is 10.2 Å². The van der Waals surface area contributed by atoms with E-state index < -0.39 is 28.5 Å². The topological polar surface area (TPSA) is 86.8 Å². The molecule has 0 aliphatic carbocycles. The lowest BCUT2D eigenvalue weighted by molar-refractivity contribution is -0.139. The number of nitrogens with zero attached hydrogens (tertiary/aromatic N) is 2. The van der Waals surface area contributed by atoms with E-state index in [0.717, 1.165) is 40.7 Å². The molecule has 0 aliphatic rings. The molecule has 0 radical (unpaired) electrons. The molecule has 214 valence electrons. The normalized spacial score (nSPS) is 12.1. The van der Waals surface area contributed by atoms with Gasteiger partial charge in [0, 0.05) is 13.1 Å². The first-order valence-electron chi connectivity index (χ1n) is 13.7. The van der Waals surface area contributed by atoms with E-state index in [9.17, 15) is 18.0 Å². The summed E-state index contributed by atoms with van der Waals surface area (Å²) < 4.78 is 29.2. The minimum absolute atomic E-state index is 0.0996. The van der Waals surface area contributed by atoms with Crippen molar-refractivity contribution in [2.75, 3.05) is 17.4 Å². The molecule has 40 heavy (non-hydrogen) atoms. The number of nitrogens with one attached hydrogen (secondary N) is 1. The number of carbonyl (C=O) groups excluding carboxylic acids is 2. The van der Waals surface area contributed by atoms with Gasteiger partial charge in [-0.05, 0) is 81.5 Å². The molecule has 3 aromatic carbocycles. The lowest BCUT2D eigenvalue weighted by Crippen LogP contribution is -2.51. The van der Waals surface area contributed by atoms with Gasteiger partial charge in [-0.25, -0.2) is 8.42 Å². The number of unbranched alkanes of at least 4 members (excludes halogenated alkanes) is 1. The number of hydrogen-bond acceptors (Lipinski definition) is 4. The summed E-state index contributed by atoms with van der Waals surface area (Å²) in [4.78, 5) is 28.8. The van der Waals surface area contributed by atoms with E-state index in [2.05, 4.69) is 5.32 Å². The maximum Gasteiger partial charge on any atom is 0.264 e. The molecular formula is C32H41N3O4S. The van der Waals surface area contributed by atoms with Crippen molar-refractivity contribution in [1.29, 1.82) is 0 Å². The molecule has 1 atom stereocenters. The molecule has 2 amide bonds. The van der Waals surface area contributed by atoms with Crippen LogP contribution in [-0.2, 0) is 26.2 Å². The monoisotopic (exact) mass is 563 g/mol. The van der Waals surface area contributed by atoms with Crippen LogP contribution in [0.4, 0.5) is 5.69 Å². The second-order valence-corrected chi connectivity index (χ2v) is 12.2. The number of amides is 2. The molecule has 1 unspecified atom stereocenters. The first kappa shape index (κ1) is 30.9.